The molecule has 1 aliphatic heterocycles. The number of pyridine rings is 1. The Morgan fingerprint density at radius 2 is 1.87 bits per heavy atom. The number of nitrogens with zero attached hydrogens (tertiary/aromatic N) is 2. The first kappa shape index (κ1) is 19.6. The van der Waals surface area contributed by atoms with Gasteiger partial charge in [0.25, 0.3) is 5.91 Å². The van der Waals surface area contributed by atoms with Gasteiger partial charge in [0, 0.05) is 28.2 Å². The summed E-state index contributed by atoms with van der Waals surface area (Å²) >= 11 is 6.29. The van der Waals surface area contributed by atoms with E-state index < -0.39 is 0 Å². The summed E-state index contributed by atoms with van der Waals surface area (Å²) in [5.41, 5.74) is 5.03. The van der Waals surface area contributed by atoms with E-state index in [-0.39, 0.29) is 5.91 Å². The van der Waals surface area contributed by atoms with E-state index in [9.17, 15) is 4.79 Å². The molecule has 0 spiro atoms. The molecule has 1 amide bonds. The molecule has 1 aromatic heterocycles. The summed E-state index contributed by atoms with van der Waals surface area (Å²) in [6, 6.07) is 23.2. The molecule has 4 aromatic rings. The summed E-state index contributed by atoms with van der Waals surface area (Å²) in [4.78, 5) is 20.4. The number of rotatable bonds is 4. The molecule has 4 nitrogen and oxygen atoms in total. The van der Waals surface area contributed by atoms with Crippen molar-refractivity contribution in [1.29, 1.82) is 0 Å². The van der Waals surface area contributed by atoms with Gasteiger partial charge in [0.05, 0.1) is 23.4 Å². The van der Waals surface area contributed by atoms with Gasteiger partial charge in [-0.3, -0.25) is 4.79 Å². The fraction of sp³-hybridized carbons (Fsp3) is 0.154. The van der Waals surface area contributed by atoms with Gasteiger partial charge in [0.1, 0.15) is 5.75 Å². The van der Waals surface area contributed by atoms with Crippen molar-refractivity contribution in [3.8, 4) is 17.0 Å². The van der Waals surface area contributed by atoms with Gasteiger partial charge >= 0.3 is 0 Å². The molecular weight excluding hydrogens is 408 g/mol. The van der Waals surface area contributed by atoms with Gasteiger partial charge in [-0.05, 0) is 61.4 Å². The predicted octanol–water partition coefficient (Wildman–Crippen LogP) is 6.16. The molecule has 0 aliphatic carbocycles. The molecule has 0 fully saturated rings. The lowest BCUT2D eigenvalue weighted by Gasteiger charge is -2.19. The van der Waals surface area contributed by atoms with E-state index in [1.165, 1.54) is 5.56 Å². The number of carbonyl (C=O) groups is 1. The highest BCUT2D eigenvalue weighted by Gasteiger charge is 2.27. The summed E-state index contributed by atoms with van der Waals surface area (Å²) in [6.07, 6.45) is 0.853. The molecule has 2 heterocycles. The van der Waals surface area contributed by atoms with Crippen molar-refractivity contribution in [2.45, 2.75) is 13.3 Å². The number of hydrogen-bond acceptors (Lipinski definition) is 3. The Kier molecular flexibility index (Phi) is 5.08. The zero-order valence-corrected chi connectivity index (χ0v) is 17.9. The van der Waals surface area contributed by atoms with Gasteiger partial charge in [0.2, 0.25) is 0 Å². The van der Waals surface area contributed by atoms with Gasteiger partial charge in [-0.25, -0.2) is 4.98 Å². The Balaban J connectivity index is 1.69. The average molecular weight is 429 g/mol. The van der Waals surface area contributed by atoms with Crippen LogP contribution < -0.4 is 9.64 Å². The number of anilines is 1. The number of benzene rings is 3. The highest BCUT2D eigenvalue weighted by Crippen LogP contribution is 2.35. The summed E-state index contributed by atoms with van der Waals surface area (Å²) in [7, 11) is 0. The van der Waals surface area contributed by atoms with E-state index in [2.05, 4.69) is 6.07 Å². The second-order valence-corrected chi connectivity index (χ2v) is 7.92. The second-order valence-electron chi connectivity index (χ2n) is 7.48. The molecule has 0 unspecified atom stereocenters. The van der Waals surface area contributed by atoms with Gasteiger partial charge in [-0.1, -0.05) is 41.9 Å². The standard InChI is InChI=1S/C26H21ClN2O2/c1-2-31-25-10-6-4-8-19(25)23-16-21(20-15-18(27)11-12-22(20)28-23)26(30)29-14-13-17-7-3-5-9-24(17)29/h3-12,15-16H,2,13-14H2,1H3. The van der Waals surface area contributed by atoms with Gasteiger partial charge < -0.3 is 9.64 Å². The Hall–Kier alpha value is -3.37. The third-order valence-electron chi connectivity index (χ3n) is 5.60. The van der Waals surface area contributed by atoms with E-state index in [4.69, 9.17) is 21.3 Å². The Morgan fingerprint density at radius 1 is 1.06 bits per heavy atom. The molecule has 3 aromatic carbocycles. The predicted molar refractivity (Wildman–Crippen MR) is 125 cm³/mol. The number of ether oxygens (including phenoxy) is 1. The van der Waals surface area contributed by atoms with Crippen molar-refractivity contribution >= 4 is 34.1 Å². The maximum absolute atomic E-state index is 13.8. The number of hydrogen-bond donors (Lipinski definition) is 0. The van der Waals surface area contributed by atoms with Crippen molar-refractivity contribution in [3.05, 3.63) is 88.9 Å². The van der Waals surface area contributed by atoms with Crippen molar-refractivity contribution in [2.24, 2.45) is 0 Å². The summed E-state index contributed by atoms with van der Waals surface area (Å²) in [6.45, 7) is 3.16. The maximum Gasteiger partial charge on any atom is 0.259 e. The van der Waals surface area contributed by atoms with Crippen molar-refractivity contribution in [2.75, 3.05) is 18.1 Å². The number of para-hydroxylation sites is 2. The molecule has 0 atom stereocenters. The van der Waals surface area contributed by atoms with E-state index in [0.29, 0.717) is 29.4 Å². The highest BCUT2D eigenvalue weighted by atomic mass is 35.5. The van der Waals surface area contributed by atoms with E-state index in [1.54, 1.807) is 6.07 Å². The fourth-order valence-electron chi connectivity index (χ4n) is 4.17. The molecule has 0 radical (unpaired) electrons. The van der Waals surface area contributed by atoms with Crippen LogP contribution in [0.15, 0.2) is 72.8 Å². The lowest BCUT2D eigenvalue weighted by molar-refractivity contribution is 0.0991. The molecular formula is C26H21ClN2O2. The number of halogens is 1. The first-order valence-electron chi connectivity index (χ1n) is 10.4. The molecule has 31 heavy (non-hydrogen) atoms. The van der Waals surface area contributed by atoms with E-state index >= 15 is 0 Å². The van der Waals surface area contributed by atoms with Crippen LogP contribution in [0.2, 0.25) is 5.02 Å². The molecule has 5 rings (SSSR count). The number of carbonyl (C=O) groups excluding carboxylic acids is 1. The van der Waals surface area contributed by atoms with Gasteiger partial charge in [-0.15, -0.1) is 0 Å². The number of fused-ring (bicyclic) bond motifs is 2. The first-order chi connectivity index (χ1) is 15.2. The Labute approximate surface area is 186 Å². The SMILES string of the molecule is CCOc1ccccc1-c1cc(C(=O)N2CCc3ccccc32)c2cc(Cl)ccc2n1. The normalized spacial score (nSPS) is 12.8. The Bertz CT molecular complexity index is 1300. The lowest BCUT2D eigenvalue weighted by Crippen LogP contribution is -2.29. The van der Waals surface area contributed by atoms with Crippen LogP contribution in [0.4, 0.5) is 5.69 Å². The van der Waals surface area contributed by atoms with Crippen LogP contribution in [-0.2, 0) is 6.42 Å². The fourth-order valence-corrected chi connectivity index (χ4v) is 4.34. The number of amides is 1. The molecule has 5 heteroatoms. The zero-order chi connectivity index (χ0) is 21.4. The van der Waals surface area contributed by atoms with Crippen LogP contribution in [0.5, 0.6) is 5.75 Å². The average Bonchev–Trinajstić information content (AvgIpc) is 3.23. The summed E-state index contributed by atoms with van der Waals surface area (Å²) in [5.74, 6) is 0.700. The molecule has 0 saturated carbocycles. The molecule has 0 saturated heterocycles. The van der Waals surface area contributed by atoms with E-state index in [1.807, 2.05) is 72.5 Å². The summed E-state index contributed by atoms with van der Waals surface area (Å²) < 4.78 is 5.81. The smallest absolute Gasteiger partial charge is 0.259 e. The van der Waals surface area contributed by atoms with Crippen LogP contribution >= 0.6 is 11.6 Å². The third kappa shape index (κ3) is 3.53. The topological polar surface area (TPSA) is 42.4 Å². The van der Waals surface area contributed by atoms with Gasteiger partial charge in [-0.2, -0.15) is 0 Å². The second kappa shape index (κ2) is 8.05. The van der Waals surface area contributed by atoms with Crippen LogP contribution in [0.3, 0.4) is 0 Å². The lowest BCUT2D eigenvalue weighted by atomic mass is 10.0. The van der Waals surface area contributed by atoms with Crippen LogP contribution in [-0.4, -0.2) is 24.0 Å². The van der Waals surface area contributed by atoms with Crippen molar-refractivity contribution < 1.29 is 9.53 Å². The first-order valence-corrected chi connectivity index (χ1v) is 10.8. The number of aromatic nitrogens is 1. The van der Waals surface area contributed by atoms with Crippen LogP contribution in [0.1, 0.15) is 22.8 Å². The minimum absolute atomic E-state index is 0.0465. The Morgan fingerprint density at radius 3 is 2.74 bits per heavy atom. The van der Waals surface area contributed by atoms with Crippen molar-refractivity contribution in [3.63, 3.8) is 0 Å². The largest absolute Gasteiger partial charge is 0.493 e. The van der Waals surface area contributed by atoms with Crippen molar-refractivity contribution in [1.82, 2.24) is 4.98 Å². The summed E-state index contributed by atoms with van der Waals surface area (Å²) in [5, 5.41) is 1.33. The molecule has 0 N–H and O–H groups in total. The maximum atomic E-state index is 13.8. The monoisotopic (exact) mass is 428 g/mol. The quantitative estimate of drug-likeness (QED) is 0.391. The third-order valence-corrected chi connectivity index (χ3v) is 5.83. The van der Waals surface area contributed by atoms with E-state index in [0.717, 1.165) is 34.3 Å². The van der Waals surface area contributed by atoms with Gasteiger partial charge in [0.15, 0.2) is 0 Å². The minimum Gasteiger partial charge on any atom is -0.493 e. The van der Waals surface area contributed by atoms with Crippen LogP contribution in [0.25, 0.3) is 22.2 Å². The molecule has 154 valence electrons. The van der Waals surface area contributed by atoms with Crippen LogP contribution in [0, 0.1) is 0 Å². The zero-order valence-electron chi connectivity index (χ0n) is 17.1. The minimum atomic E-state index is -0.0465. The molecule has 1 aliphatic rings. The highest BCUT2D eigenvalue weighted by molar-refractivity contribution is 6.31. The molecule has 0 bridgehead atoms.